The van der Waals surface area contributed by atoms with Crippen molar-refractivity contribution in [1.29, 1.82) is 0 Å². The first-order valence-corrected chi connectivity index (χ1v) is 1.49. The van der Waals surface area contributed by atoms with Gasteiger partial charge in [0.05, 0.1) is 7.11 Å². The molecule has 0 aliphatic carbocycles. The summed E-state index contributed by atoms with van der Waals surface area (Å²) in [4.78, 5) is 9.45. The smallest absolute Gasteiger partial charge is 0.363 e. The van der Waals surface area contributed by atoms with E-state index in [0.29, 0.717) is 0 Å². The first kappa shape index (κ1) is 9.80. The van der Waals surface area contributed by atoms with Gasteiger partial charge in [-0.15, -0.1) is 0 Å². The molecule has 0 fully saturated rings. The summed E-state index contributed by atoms with van der Waals surface area (Å²) < 4.78 is 3.98. The molecule has 0 atom stereocenters. The molecule has 34 valence electrons. The molecule has 0 unspecified atom stereocenters. The van der Waals surface area contributed by atoms with Crippen LogP contribution in [0.4, 0.5) is 4.79 Å². The summed E-state index contributed by atoms with van der Waals surface area (Å²) in [5, 5.41) is -0.551. The van der Waals surface area contributed by atoms with Gasteiger partial charge in [0, 0.05) is 23.9 Å². The number of rotatable bonds is 0. The molecule has 0 aromatic carbocycles. The standard InChI is InChI=1S/C2H4O2S.Sn/c1-4-2(3)5;/h1H3,(H,3,5);. The van der Waals surface area contributed by atoms with E-state index in [-0.39, 0.29) is 23.9 Å². The molecule has 0 heterocycles. The predicted molar refractivity (Wildman–Crippen MR) is 27.1 cm³/mol. The third-order valence-electron chi connectivity index (χ3n) is 0.175. The van der Waals surface area contributed by atoms with E-state index in [1.165, 1.54) is 7.11 Å². The summed E-state index contributed by atoms with van der Waals surface area (Å²) in [6, 6.07) is 0. The zero-order chi connectivity index (χ0) is 4.28. The van der Waals surface area contributed by atoms with E-state index in [1.807, 2.05) is 0 Å². The van der Waals surface area contributed by atoms with Crippen molar-refractivity contribution in [1.82, 2.24) is 0 Å². The van der Waals surface area contributed by atoms with Gasteiger partial charge in [-0.05, 0) is 0 Å². The van der Waals surface area contributed by atoms with Gasteiger partial charge < -0.3 is 4.74 Å². The molecule has 0 N–H and O–H groups in total. The molecular weight excluding hydrogens is 207 g/mol. The fourth-order valence-electron chi connectivity index (χ4n) is 0. The summed E-state index contributed by atoms with van der Waals surface area (Å²) in [5.41, 5.74) is 0. The second-order valence-corrected chi connectivity index (χ2v) is 0.835. The van der Waals surface area contributed by atoms with Crippen LogP contribution in [0.15, 0.2) is 0 Å². The maximum Gasteiger partial charge on any atom is 0.363 e. The van der Waals surface area contributed by atoms with Crippen LogP contribution < -0.4 is 0 Å². The monoisotopic (exact) mass is 212 g/mol. The molecule has 2 nitrogen and oxygen atoms in total. The second-order valence-electron chi connectivity index (χ2n) is 0.470. The second kappa shape index (κ2) is 5.62. The van der Waals surface area contributed by atoms with E-state index in [4.69, 9.17) is 0 Å². The first-order valence-electron chi connectivity index (χ1n) is 1.04. The SMILES string of the molecule is COC(=O)S.[Sn]. The van der Waals surface area contributed by atoms with E-state index in [2.05, 4.69) is 17.4 Å². The topological polar surface area (TPSA) is 26.3 Å². The van der Waals surface area contributed by atoms with Gasteiger partial charge >= 0.3 is 5.30 Å². The van der Waals surface area contributed by atoms with E-state index in [0.717, 1.165) is 0 Å². The average molecular weight is 211 g/mol. The number of hydrogen-bond acceptors (Lipinski definition) is 2. The van der Waals surface area contributed by atoms with Gasteiger partial charge in [-0.3, -0.25) is 0 Å². The number of thiol groups is 1. The van der Waals surface area contributed by atoms with Crippen LogP contribution in [0.25, 0.3) is 0 Å². The molecule has 0 bridgehead atoms. The van der Waals surface area contributed by atoms with Crippen LogP contribution in [0.3, 0.4) is 0 Å². The van der Waals surface area contributed by atoms with Crippen molar-refractivity contribution in [3.8, 4) is 0 Å². The van der Waals surface area contributed by atoms with E-state index < -0.39 is 5.30 Å². The van der Waals surface area contributed by atoms with Crippen molar-refractivity contribution < 1.29 is 9.53 Å². The molecule has 0 rings (SSSR count). The zero-order valence-electron chi connectivity index (χ0n) is 3.26. The van der Waals surface area contributed by atoms with Crippen LogP contribution >= 0.6 is 12.6 Å². The maximum absolute atomic E-state index is 9.45. The van der Waals surface area contributed by atoms with Gasteiger partial charge in [-0.1, -0.05) is 12.6 Å². The minimum atomic E-state index is -0.551. The Bertz CT molecular complexity index is 46.8. The van der Waals surface area contributed by atoms with Crippen LogP contribution in [0.1, 0.15) is 0 Å². The molecule has 4 radical (unpaired) electrons. The van der Waals surface area contributed by atoms with Crippen LogP contribution in [-0.2, 0) is 4.74 Å². The average Bonchev–Trinajstić information content (AvgIpc) is 1.38. The Balaban J connectivity index is 0. The van der Waals surface area contributed by atoms with Crippen molar-refractivity contribution in [2.75, 3.05) is 7.11 Å². The largest absolute Gasteiger partial charge is 0.461 e. The number of methoxy groups -OCH3 is 1. The molecule has 6 heavy (non-hydrogen) atoms. The first-order chi connectivity index (χ1) is 2.27. The Kier molecular flexibility index (Phi) is 9.17. The molecule has 0 saturated heterocycles. The van der Waals surface area contributed by atoms with Gasteiger partial charge in [0.2, 0.25) is 0 Å². The predicted octanol–water partition coefficient (Wildman–Crippen LogP) is 0.302. The number of carbonyl (C=O) groups excluding carboxylic acids is 1. The number of ether oxygens (including phenoxy) is 1. The summed E-state index contributed by atoms with van der Waals surface area (Å²) in [6.07, 6.45) is 0. The Morgan fingerprint density at radius 1 is 1.83 bits per heavy atom. The molecule has 0 aliphatic rings. The van der Waals surface area contributed by atoms with Crippen molar-refractivity contribution >= 4 is 41.8 Å². The fourth-order valence-corrected chi connectivity index (χ4v) is 0. The van der Waals surface area contributed by atoms with E-state index in [1.54, 1.807) is 0 Å². The minimum absolute atomic E-state index is 0. The maximum atomic E-state index is 9.45. The van der Waals surface area contributed by atoms with Gasteiger partial charge in [0.15, 0.2) is 0 Å². The summed E-state index contributed by atoms with van der Waals surface area (Å²) >= 11 is 3.24. The normalized spacial score (nSPS) is 5.67. The molecule has 0 aromatic heterocycles. The van der Waals surface area contributed by atoms with Gasteiger partial charge in [0.1, 0.15) is 0 Å². The Morgan fingerprint density at radius 2 is 2.00 bits per heavy atom. The van der Waals surface area contributed by atoms with E-state index >= 15 is 0 Å². The molecule has 0 aliphatic heterocycles. The van der Waals surface area contributed by atoms with Gasteiger partial charge in [-0.2, -0.15) is 0 Å². The van der Waals surface area contributed by atoms with Crippen LogP contribution in [0, 0.1) is 0 Å². The molecule has 0 amide bonds. The summed E-state index contributed by atoms with van der Waals surface area (Å²) in [5.74, 6) is 0. The van der Waals surface area contributed by atoms with Crippen molar-refractivity contribution in [3.05, 3.63) is 0 Å². The molecule has 0 spiro atoms. The summed E-state index contributed by atoms with van der Waals surface area (Å²) in [7, 11) is 1.27. The van der Waals surface area contributed by atoms with Crippen LogP contribution in [0.2, 0.25) is 0 Å². The third-order valence-corrected chi connectivity index (χ3v) is 0.357. The minimum Gasteiger partial charge on any atom is -0.461 e. The number of hydrogen-bond donors (Lipinski definition) is 1. The van der Waals surface area contributed by atoms with Gasteiger partial charge in [0.25, 0.3) is 0 Å². The zero-order valence-corrected chi connectivity index (χ0v) is 7.01. The summed E-state index contributed by atoms with van der Waals surface area (Å²) in [6.45, 7) is 0. The van der Waals surface area contributed by atoms with Crippen molar-refractivity contribution in [2.24, 2.45) is 0 Å². The van der Waals surface area contributed by atoms with Crippen LogP contribution in [-0.4, -0.2) is 36.3 Å². The van der Waals surface area contributed by atoms with Crippen molar-refractivity contribution in [3.63, 3.8) is 0 Å². The number of carbonyl (C=O) groups is 1. The van der Waals surface area contributed by atoms with E-state index in [9.17, 15) is 4.79 Å². The molecular formula is C2H4O2SSn. The van der Waals surface area contributed by atoms with Crippen molar-refractivity contribution in [2.45, 2.75) is 0 Å². The molecule has 4 heteroatoms. The molecule has 0 aromatic rings. The van der Waals surface area contributed by atoms with Gasteiger partial charge in [-0.25, -0.2) is 4.79 Å². The van der Waals surface area contributed by atoms with Crippen LogP contribution in [0.5, 0.6) is 0 Å². The Morgan fingerprint density at radius 3 is 2.00 bits per heavy atom. The Hall–Kier alpha value is 0.619. The fraction of sp³-hybridized carbons (Fsp3) is 0.500. The quantitative estimate of drug-likeness (QED) is 0.354. The third kappa shape index (κ3) is 8.82. The molecule has 0 saturated carbocycles. The Labute approximate surface area is 58.6 Å².